The average molecular weight is 427 g/mol. The number of hydrogen-bond acceptors (Lipinski definition) is 8. The van der Waals surface area contributed by atoms with Crippen LogP contribution in [0.1, 0.15) is 27.2 Å². The summed E-state index contributed by atoms with van der Waals surface area (Å²) in [5, 5.41) is 0.848. The Hall–Kier alpha value is -0.626. The van der Waals surface area contributed by atoms with E-state index in [1.165, 1.54) is 0 Å². The van der Waals surface area contributed by atoms with Crippen LogP contribution in [0.15, 0.2) is 11.3 Å². The molecular formula is C17H38O8Si2. The van der Waals surface area contributed by atoms with Gasteiger partial charge in [0.1, 0.15) is 11.5 Å². The zero-order valence-electron chi connectivity index (χ0n) is 18.0. The smallest absolute Gasteiger partial charge is 0.497 e. The Morgan fingerprint density at radius 2 is 1.48 bits per heavy atom. The van der Waals surface area contributed by atoms with Gasteiger partial charge in [-0.05, 0) is 27.2 Å². The molecule has 0 N–H and O–H groups in total. The van der Waals surface area contributed by atoms with Gasteiger partial charge in [-0.15, -0.1) is 0 Å². The van der Waals surface area contributed by atoms with Crippen molar-refractivity contribution in [2.45, 2.75) is 39.3 Å². The Labute approximate surface area is 168 Å². The lowest BCUT2D eigenvalue weighted by Gasteiger charge is -2.24. The molecule has 162 valence electrons. The lowest BCUT2D eigenvalue weighted by molar-refractivity contribution is 0.0288. The lowest BCUT2D eigenvalue weighted by Crippen LogP contribution is -2.42. The van der Waals surface area contributed by atoms with Crippen molar-refractivity contribution in [3.8, 4) is 0 Å². The SMILES string of the molecule is CCOC([SiH3])=C(OCC)OCC.CO[Si](CCCOCC1CO1)(OC)OC. The van der Waals surface area contributed by atoms with E-state index in [4.69, 9.17) is 37.0 Å². The number of epoxide rings is 1. The molecule has 27 heavy (non-hydrogen) atoms. The van der Waals surface area contributed by atoms with Crippen molar-refractivity contribution in [1.29, 1.82) is 0 Å². The van der Waals surface area contributed by atoms with Gasteiger partial charge in [0, 0.05) is 34.0 Å². The van der Waals surface area contributed by atoms with Crippen molar-refractivity contribution >= 4 is 19.0 Å². The van der Waals surface area contributed by atoms with E-state index in [1.807, 2.05) is 20.8 Å². The van der Waals surface area contributed by atoms with Gasteiger partial charge in [-0.3, -0.25) is 0 Å². The van der Waals surface area contributed by atoms with Gasteiger partial charge in [-0.2, -0.15) is 0 Å². The predicted molar refractivity (Wildman–Crippen MR) is 109 cm³/mol. The number of rotatable bonds is 15. The molecule has 0 spiro atoms. The highest BCUT2D eigenvalue weighted by Crippen LogP contribution is 2.15. The van der Waals surface area contributed by atoms with E-state index >= 15 is 0 Å². The number of ether oxygens (including phenoxy) is 5. The molecule has 1 rings (SSSR count). The maximum atomic E-state index is 5.42. The summed E-state index contributed by atoms with van der Waals surface area (Å²) >= 11 is 0. The fourth-order valence-corrected chi connectivity index (χ4v) is 4.38. The van der Waals surface area contributed by atoms with Crippen LogP contribution in [0.5, 0.6) is 0 Å². The summed E-state index contributed by atoms with van der Waals surface area (Å²) in [4.78, 5) is 0. The third kappa shape index (κ3) is 12.4. The molecule has 1 aliphatic rings. The first-order chi connectivity index (χ1) is 13.0. The normalized spacial score (nSPS) is 15.6. The summed E-state index contributed by atoms with van der Waals surface area (Å²) in [5.41, 5.74) is 0. The topological polar surface area (TPSA) is 77.1 Å². The monoisotopic (exact) mass is 426 g/mol. The Balaban J connectivity index is 0.000000516. The maximum Gasteiger partial charge on any atom is 0.500 e. The Morgan fingerprint density at radius 3 is 1.89 bits per heavy atom. The van der Waals surface area contributed by atoms with E-state index in [0.29, 0.717) is 45.1 Å². The highest BCUT2D eigenvalue weighted by atomic mass is 28.4. The van der Waals surface area contributed by atoms with Crippen molar-refractivity contribution in [3.63, 3.8) is 0 Å². The Bertz CT molecular complexity index is 371. The molecule has 1 atom stereocenters. The first-order valence-corrected chi connectivity index (χ1v) is 12.4. The maximum absolute atomic E-state index is 5.42. The van der Waals surface area contributed by atoms with E-state index in [2.05, 4.69) is 0 Å². The van der Waals surface area contributed by atoms with Crippen molar-refractivity contribution in [2.75, 3.05) is 61.0 Å². The van der Waals surface area contributed by atoms with E-state index in [0.717, 1.165) is 34.7 Å². The van der Waals surface area contributed by atoms with Crippen LogP contribution in [-0.2, 0) is 37.0 Å². The molecule has 0 radical (unpaired) electrons. The zero-order chi connectivity index (χ0) is 20.5. The summed E-state index contributed by atoms with van der Waals surface area (Å²) in [7, 11) is 3.30. The van der Waals surface area contributed by atoms with Crippen LogP contribution in [-0.4, -0.2) is 86.1 Å². The second-order valence-corrected chi connectivity index (χ2v) is 9.57. The van der Waals surface area contributed by atoms with Crippen LogP contribution in [0, 0.1) is 0 Å². The van der Waals surface area contributed by atoms with Crippen molar-refractivity contribution in [1.82, 2.24) is 0 Å². The summed E-state index contributed by atoms with van der Waals surface area (Å²) in [6, 6.07) is 0.780. The van der Waals surface area contributed by atoms with E-state index in [9.17, 15) is 0 Å². The van der Waals surface area contributed by atoms with E-state index < -0.39 is 8.80 Å². The van der Waals surface area contributed by atoms with Crippen LogP contribution in [0.25, 0.3) is 0 Å². The Kier molecular flexibility index (Phi) is 16.0. The minimum atomic E-state index is -2.39. The zero-order valence-corrected chi connectivity index (χ0v) is 21.0. The highest BCUT2D eigenvalue weighted by molar-refractivity contribution is 6.60. The van der Waals surface area contributed by atoms with Gasteiger partial charge < -0.3 is 37.0 Å². The van der Waals surface area contributed by atoms with Gasteiger partial charge in [0.05, 0.1) is 43.3 Å². The second kappa shape index (κ2) is 16.3. The van der Waals surface area contributed by atoms with Gasteiger partial charge >= 0.3 is 14.7 Å². The quantitative estimate of drug-likeness (QED) is 0.168. The molecule has 10 heteroatoms. The molecule has 8 nitrogen and oxygen atoms in total. The first-order valence-electron chi connectivity index (χ1n) is 9.46. The molecular weight excluding hydrogens is 388 g/mol. The van der Waals surface area contributed by atoms with Crippen LogP contribution in [0.3, 0.4) is 0 Å². The molecule has 1 saturated heterocycles. The molecule has 0 bridgehead atoms. The van der Waals surface area contributed by atoms with Gasteiger partial charge in [-0.25, -0.2) is 0 Å². The van der Waals surface area contributed by atoms with E-state index in [-0.39, 0.29) is 0 Å². The molecule has 0 aromatic heterocycles. The Morgan fingerprint density at radius 1 is 0.963 bits per heavy atom. The molecule has 1 unspecified atom stereocenters. The molecule has 1 aliphatic heterocycles. The number of hydrogen-bond donors (Lipinski definition) is 0. The molecule has 1 heterocycles. The van der Waals surface area contributed by atoms with Crippen molar-refractivity contribution < 1.29 is 37.0 Å². The largest absolute Gasteiger partial charge is 0.500 e. The predicted octanol–water partition coefficient (Wildman–Crippen LogP) is 1.26. The molecule has 0 saturated carbocycles. The van der Waals surface area contributed by atoms with Gasteiger partial charge in [0.2, 0.25) is 0 Å². The molecule has 0 aromatic rings. The van der Waals surface area contributed by atoms with Crippen LogP contribution in [0.4, 0.5) is 0 Å². The molecule has 0 amide bonds. The van der Waals surface area contributed by atoms with Gasteiger partial charge in [-0.1, -0.05) is 0 Å². The summed E-state index contributed by atoms with van der Waals surface area (Å²) in [5.74, 6) is 0.563. The third-order valence-corrected chi connectivity index (χ3v) is 7.14. The van der Waals surface area contributed by atoms with Crippen molar-refractivity contribution in [2.24, 2.45) is 0 Å². The molecule has 1 fully saturated rings. The van der Waals surface area contributed by atoms with Crippen LogP contribution < -0.4 is 0 Å². The standard InChI is InChI=1S/C9H20O5Si.C8H18O3Si/c1-10-15(11-2,12-3)6-4-5-13-7-9-8-14-9;1-4-9-7(10-5-2)8(12)11-6-3/h9H,4-8H2,1-3H3;4-6H2,1-3,12H3. The highest BCUT2D eigenvalue weighted by Gasteiger charge is 2.36. The fraction of sp³-hybridized carbons (Fsp3) is 0.882. The van der Waals surface area contributed by atoms with Crippen molar-refractivity contribution in [3.05, 3.63) is 11.3 Å². The second-order valence-electron chi connectivity index (χ2n) is 5.57. The van der Waals surface area contributed by atoms with Gasteiger partial charge in [0.25, 0.3) is 0 Å². The van der Waals surface area contributed by atoms with E-state index in [1.54, 1.807) is 21.3 Å². The fourth-order valence-electron chi connectivity index (χ4n) is 2.11. The lowest BCUT2D eigenvalue weighted by atomic mass is 10.5. The first kappa shape index (κ1) is 26.4. The molecule has 0 aliphatic carbocycles. The van der Waals surface area contributed by atoms with Gasteiger partial charge in [0.15, 0.2) is 0 Å². The third-order valence-electron chi connectivity index (χ3n) is 3.61. The minimum Gasteiger partial charge on any atom is -0.497 e. The summed E-state index contributed by atoms with van der Waals surface area (Å²) in [6.45, 7) is 9.96. The minimum absolute atomic E-state index is 0.333. The summed E-state index contributed by atoms with van der Waals surface area (Å²) < 4.78 is 42.1. The summed E-state index contributed by atoms with van der Waals surface area (Å²) in [6.07, 6.45) is 1.22. The van der Waals surface area contributed by atoms with Crippen LogP contribution in [0.2, 0.25) is 6.04 Å². The average Bonchev–Trinajstić information content (AvgIpc) is 3.50. The molecule has 0 aromatic carbocycles. The van der Waals surface area contributed by atoms with Crippen LogP contribution >= 0.6 is 0 Å².